The van der Waals surface area contributed by atoms with E-state index in [-0.39, 0.29) is 21.8 Å². The molecule has 2 aromatic carbocycles. The number of hydrogen-bond donors (Lipinski definition) is 2. The molecule has 1 heterocycles. The Morgan fingerprint density at radius 1 is 1.00 bits per heavy atom. The van der Waals surface area contributed by atoms with E-state index in [1.807, 2.05) is 0 Å². The molecule has 2 N–H and O–H groups in total. The Hall–Kier alpha value is -2.56. The first kappa shape index (κ1) is 26.1. The molecule has 34 heavy (non-hydrogen) atoms. The summed E-state index contributed by atoms with van der Waals surface area (Å²) in [7, 11) is -4.31. The second-order valence-electron chi connectivity index (χ2n) is 7.48. The van der Waals surface area contributed by atoms with Crippen LogP contribution in [0.4, 0.5) is 23.1 Å². The first-order valence-corrected chi connectivity index (χ1v) is 13.6. The lowest BCUT2D eigenvalue weighted by atomic mass is 10.2. The lowest BCUT2D eigenvalue weighted by Gasteiger charge is -2.16. The summed E-state index contributed by atoms with van der Waals surface area (Å²) in [6, 6.07) is 11.4. The molecule has 182 valence electrons. The van der Waals surface area contributed by atoms with Gasteiger partial charge >= 0.3 is 7.60 Å². The molecule has 0 saturated heterocycles. The Balaban J connectivity index is 1.92. The Kier molecular flexibility index (Phi) is 7.95. The van der Waals surface area contributed by atoms with E-state index in [0.717, 1.165) is 5.56 Å². The highest BCUT2D eigenvalue weighted by Crippen LogP contribution is 2.45. The van der Waals surface area contributed by atoms with Gasteiger partial charge in [0.2, 0.25) is 5.95 Å². The smallest absolute Gasteiger partial charge is 0.336 e. The van der Waals surface area contributed by atoms with E-state index in [9.17, 15) is 13.0 Å². The summed E-state index contributed by atoms with van der Waals surface area (Å²) in [5.41, 5.74) is 1.67. The van der Waals surface area contributed by atoms with E-state index in [1.165, 1.54) is 20.3 Å². The third kappa shape index (κ3) is 5.39. The summed E-state index contributed by atoms with van der Waals surface area (Å²) in [5.74, 6) is 0.247. The number of anilines is 4. The van der Waals surface area contributed by atoms with Gasteiger partial charge in [-0.05, 0) is 56.7 Å². The van der Waals surface area contributed by atoms with Crippen LogP contribution in [0.2, 0.25) is 5.15 Å². The maximum atomic E-state index is 12.7. The zero-order valence-corrected chi connectivity index (χ0v) is 21.7. The van der Waals surface area contributed by atoms with Gasteiger partial charge in [0.25, 0.3) is 0 Å². The second kappa shape index (κ2) is 10.4. The van der Waals surface area contributed by atoms with Crippen molar-refractivity contribution in [3.8, 4) is 0 Å². The van der Waals surface area contributed by atoms with Crippen LogP contribution in [0.15, 0.2) is 47.4 Å². The van der Waals surface area contributed by atoms with E-state index < -0.39 is 22.7 Å². The molecule has 0 aliphatic carbocycles. The number of nitrogens with one attached hydrogen (secondary N) is 2. The molecule has 0 bridgehead atoms. The van der Waals surface area contributed by atoms with Crippen molar-refractivity contribution < 1.29 is 22.0 Å². The SMILES string of the molecule is COP(=O)(OC)c1ccc(Nc2nnc(Cl)c(Nc3ccccc3S(=O)(=O)C(C)C)n2)c(C)c1. The summed E-state index contributed by atoms with van der Waals surface area (Å²) in [5, 5.41) is 13.6. The van der Waals surface area contributed by atoms with Crippen molar-refractivity contribution in [3.05, 3.63) is 53.2 Å². The predicted octanol–water partition coefficient (Wildman–Crippen LogP) is 4.61. The van der Waals surface area contributed by atoms with Crippen LogP contribution < -0.4 is 15.9 Å². The van der Waals surface area contributed by atoms with E-state index in [4.69, 9.17) is 20.6 Å². The van der Waals surface area contributed by atoms with Crippen LogP contribution in [0.5, 0.6) is 0 Å². The molecule has 0 fully saturated rings. The number of rotatable bonds is 9. The third-order valence-corrected chi connectivity index (χ3v) is 9.30. The van der Waals surface area contributed by atoms with Gasteiger partial charge in [0, 0.05) is 19.9 Å². The lowest BCUT2D eigenvalue weighted by molar-refractivity contribution is 0.287. The predicted molar refractivity (Wildman–Crippen MR) is 133 cm³/mol. The average Bonchev–Trinajstić information content (AvgIpc) is 2.82. The summed E-state index contributed by atoms with van der Waals surface area (Å²) in [6.45, 7) is 5.02. The molecule has 3 rings (SSSR count). The van der Waals surface area contributed by atoms with Crippen molar-refractivity contribution in [2.24, 2.45) is 0 Å². The molecule has 0 radical (unpaired) electrons. The average molecular weight is 526 g/mol. The van der Waals surface area contributed by atoms with Gasteiger partial charge in [0.1, 0.15) is 0 Å². The Bertz CT molecular complexity index is 1350. The zero-order valence-electron chi connectivity index (χ0n) is 19.2. The normalized spacial score (nSPS) is 12.1. The molecule has 0 amide bonds. The summed E-state index contributed by atoms with van der Waals surface area (Å²) in [4.78, 5) is 4.47. The molecular weight excluding hydrogens is 501 g/mol. The fourth-order valence-corrected chi connectivity index (χ4v) is 5.52. The van der Waals surface area contributed by atoms with Crippen LogP contribution in [0.3, 0.4) is 0 Å². The molecule has 0 saturated carbocycles. The number of sulfone groups is 1. The highest BCUT2D eigenvalue weighted by Gasteiger charge is 2.25. The molecule has 3 aromatic rings. The maximum Gasteiger partial charge on any atom is 0.360 e. The lowest BCUT2D eigenvalue weighted by Crippen LogP contribution is -2.16. The van der Waals surface area contributed by atoms with Gasteiger partial charge in [-0.3, -0.25) is 4.57 Å². The molecule has 0 aliphatic rings. The van der Waals surface area contributed by atoms with Crippen molar-refractivity contribution in [2.45, 2.75) is 30.9 Å². The molecule has 0 atom stereocenters. The molecular formula is C21H25ClN5O5PS. The Morgan fingerprint density at radius 2 is 1.68 bits per heavy atom. The number of aromatic nitrogens is 3. The number of halogens is 1. The highest BCUT2D eigenvalue weighted by molar-refractivity contribution is 7.92. The van der Waals surface area contributed by atoms with Gasteiger partial charge in [0.15, 0.2) is 20.8 Å². The summed E-state index contributed by atoms with van der Waals surface area (Å²) in [6.07, 6.45) is 0. The van der Waals surface area contributed by atoms with Gasteiger partial charge in [-0.2, -0.15) is 4.98 Å². The minimum absolute atomic E-state index is 0.0319. The molecule has 1 aromatic heterocycles. The number of benzene rings is 2. The van der Waals surface area contributed by atoms with Gasteiger partial charge in [-0.25, -0.2) is 8.42 Å². The standard InChI is InChI=1S/C21H25ClN5O5PS/c1-13(2)34(29,30)18-9-7-6-8-17(18)23-20-19(22)26-27-21(25-20)24-16-11-10-15(12-14(16)3)33(28,31-4)32-5/h6-13H,1-5H3,(H2,23,24,25,27). The van der Waals surface area contributed by atoms with Crippen LogP contribution in [0, 0.1) is 6.92 Å². The fourth-order valence-electron chi connectivity index (χ4n) is 3.01. The summed E-state index contributed by atoms with van der Waals surface area (Å²) < 4.78 is 48.2. The van der Waals surface area contributed by atoms with Crippen LogP contribution in [0.1, 0.15) is 19.4 Å². The maximum absolute atomic E-state index is 12.7. The van der Waals surface area contributed by atoms with E-state index in [0.29, 0.717) is 16.7 Å². The summed E-state index contributed by atoms with van der Waals surface area (Å²) >= 11 is 6.18. The van der Waals surface area contributed by atoms with Crippen molar-refractivity contribution in [1.29, 1.82) is 0 Å². The van der Waals surface area contributed by atoms with Gasteiger partial charge < -0.3 is 19.7 Å². The topological polar surface area (TPSA) is 132 Å². The fraction of sp³-hybridized carbons (Fsp3) is 0.286. The van der Waals surface area contributed by atoms with E-state index >= 15 is 0 Å². The highest BCUT2D eigenvalue weighted by atomic mass is 35.5. The number of nitrogens with zero attached hydrogens (tertiary/aromatic N) is 3. The first-order valence-electron chi connectivity index (χ1n) is 10.1. The second-order valence-corrected chi connectivity index (χ2v) is 12.5. The minimum Gasteiger partial charge on any atom is -0.336 e. The van der Waals surface area contributed by atoms with Crippen molar-refractivity contribution in [2.75, 3.05) is 24.9 Å². The van der Waals surface area contributed by atoms with Crippen molar-refractivity contribution >= 4 is 57.5 Å². The van der Waals surface area contributed by atoms with Crippen LogP contribution in [0.25, 0.3) is 0 Å². The monoisotopic (exact) mass is 525 g/mol. The van der Waals surface area contributed by atoms with Gasteiger partial charge in [-0.1, -0.05) is 23.7 Å². The number of aryl methyl sites for hydroxylation is 1. The molecule has 13 heteroatoms. The van der Waals surface area contributed by atoms with Crippen LogP contribution in [-0.2, 0) is 23.4 Å². The Labute approximate surface area is 203 Å². The van der Waals surface area contributed by atoms with Crippen molar-refractivity contribution in [1.82, 2.24) is 15.2 Å². The Morgan fingerprint density at radius 3 is 2.29 bits per heavy atom. The van der Waals surface area contributed by atoms with Crippen LogP contribution in [-0.4, -0.2) is 43.1 Å². The first-order chi connectivity index (χ1) is 16.0. The molecule has 10 nitrogen and oxygen atoms in total. The number of hydrogen-bond acceptors (Lipinski definition) is 10. The van der Waals surface area contributed by atoms with E-state index in [2.05, 4.69) is 25.8 Å². The molecule has 0 aliphatic heterocycles. The zero-order chi connectivity index (χ0) is 25.1. The van der Waals surface area contributed by atoms with E-state index in [1.54, 1.807) is 57.2 Å². The van der Waals surface area contributed by atoms with Gasteiger partial charge in [-0.15, -0.1) is 10.2 Å². The molecule has 0 spiro atoms. The molecule has 0 unspecified atom stereocenters. The number of para-hydroxylation sites is 1. The minimum atomic E-state index is -3.55. The largest absolute Gasteiger partial charge is 0.360 e. The quantitative estimate of drug-likeness (QED) is 0.381. The van der Waals surface area contributed by atoms with Gasteiger partial charge in [0.05, 0.1) is 21.1 Å². The van der Waals surface area contributed by atoms with Crippen molar-refractivity contribution in [3.63, 3.8) is 0 Å². The van der Waals surface area contributed by atoms with Crippen LogP contribution >= 0.6 is 19.2 Å². The third-order valence-electron chi connectivity index (χ3n) is 4.97.